The van der Waals surface area contributed by atoms with Gasteiger partial charge < -0.3 is 4.89 Å². The van der Waals surface area contributed by atoms with E-state index in [9.17, 15) is 9.46 Å². The molecule has 80 valence electrons. The molecule has 2 nitrogen and oxygen atoms in total. The molecule has 1 aliphatic rings. The highest BCUT2D eigenvalue weighted by Gasteiger charge is 2.32. The monoisotopic (exact) mass is 230 g/mol. The molecule has 0 radical (unpaired) electrons. The van der Waals surface area contributed by atoms with Gasteiger partial charge in [0.2, 0.25) is 0 Å². The number of fused-ring (bicyclic) bond motifs is 2. The second kappa shape index (κ2) is 3.31. The van der Waals surface area contributed by atoms with E-state index in [0.717, 1.165) is 17.5 Å². The summed E-state index contributed by atoms with van der Waals surface area (Å²) in [5, 5.41) is 1.18. The highest BCUT2D eigenvalue weighted by atomic mass is 31.2. The molecular formula is C13H11O2P. The van der Waals surface area contributed by atoms with Crippen LogP contribution in [-0.4, -0.2) is 4.89 Å². The second-order valence-electron chi connectivity index (χ2n) is 4.01. The van der Waals surface area contributed by atoms with E-state index in [-0.39, 0.29) is 0 Å². The summed E-state index contributed by atoms with van der Waals surface area (Å²) in [6.45, 7) is 0. The van der Waals surface area contributed by atoms with E-state index in [0.29, 0.717) is 10.6 Å². The summed E-state index contributed by atoms with van der Waals surface area (Å²) < 4.78 is 12.4. The van der Waals surface area contributed by atoms with Crippen molar-refractivity contribution >= 4 is 18.0 Å². The lowest BCUT2D eigenvalue weighted by Gasteiger charge is -2.24. The zero-order valence-electron chi connectivity index (χ0n) is 8.63. The molecule has 0 aliphatic carbocycles. The van der Waals surface area contributed by atoms with Gasteiger partial charge in [-0.3, -0.25) is 4.57 Å². The van der Waals surface area contributed by atoms with Crippen LogP contribution in [0.4, 0.5) is 0 Å². The van der Waals surface area contributed by atoms with E-state index in [2.05, 4.69) is 0 Å². The SMILES string of the molecule is O=P1(O)c2ccccc2Cc2ccccc21. The molecule has 2 aromatic rings. The van der Waals surface area contributed by atoms with E-state index in [1.165, 1.54) is 0 Å². The van der Waals surface area contributed by atoms with E-state index in [4.69, 9.17) is 0 Å². The Balaban J connectivity index is 2.33. The van der Waals surface area contributed by atoms with Crippen molar-refractivity contribution in [1.82, 2.24) is 0 Å². The zero-order chi connectivity index (χ0) is 11.2. The Morgan fingerprint density at radius 1 is 0.875 bits per heavy atom. The molecule has 0 bridgehead atoms. The van der Waals surface area contributed by atoms with Crippen LogP contribution in [0.1, 0.15) is 11.1 Å². The van der Waals surface area contributed by atoms with Crippen LogP contribution in [-0.2, 0) is 11.0 Å². The second-order valence-corrected chi connectivity index (χ2v) is 6.13. The third-order valence-corrected chi connectivity index (χ3v) is 5.20. The Labute approximate surface area is 94.0 Å². The van der Waals surface area contributed by atoms with E-state index in [1.807, 2.05) is 36.4 Å². The number of benzene rings is 2. The van der Waals surface area contributed by atoms with Crippen molar-refractivity contribution < 1.29 is 9.46 Å². The molecule has 0 atom stereocenters. The van der Waals surface area contributed by atoms with Crippen LogP contribution in [0, 0.1) is 0 Å². The van der Waals surface area contributed by atoms with Crippen molar-refractivity contribution in [2.45, 2.75) is 6.42 Å². The standard InChI is InChI=1S/C13H11O2P/c14-16(15)12-7-3-1-5-10(12)9-11-6-2-4-8-13(11)16/h1-8H,9H2,(H,14,15). The molecule has 0 fully saturated rings. The average molecular weight is 230 g/mol. The van der Waals surface area contributed by atoms with Crippen LogP contribution in [0.3, 0.4) is 0 Å². The highest BCUT2D eigenvalue weighted by molar-refractivity contribution is 7.73. The first-order chi connectivity index (χ1) is 7.69. The Kier molecular flexibility index (Phi) is 2.03. The molecule has 1 N–H and O–H groups in total. The van der Waals surface area contributed by atoms with Gasteiger partial charge >= 0.3 is 0 Å². The van der Waals surface area contributed by atoms with Crippen molar-refractivity contribution in [2.24, 2.45) is 0 Å². The summed E-state index contributed by atoms with van der Waals surface area (Å²) >= 11 is 0. The fourth-order valence-electron chi connectivity index (χ4n) is 2.25. The lowest BCUT2D eigenvalue weighted by atomic mass is 10.0. The van der Waals surface area contributed by atoms with Gasteiger partial charge in [0.15, 0.2) is 0 Å². The summed E-state index contributed by atoms with van der Waals surface area (Å²) in [7, 11) is -3.37. The van der Waals surface area contributed by atoms with Crippen LogP contribution in [0.25, 0.3) is 0 Å². The van der Waals surface area contributed by atoms with Gasteiger partial charge in [0.1, 0.15) is 0 Å². The number of rotatable bonds is 0. The predicted octanol–water partition coefficient (Wildman–Crippen LogP) is 1.81. The van der Waals surface area contributed by atoms with Crippen molar-refractivity contribution in [3.8, 4) is 0 Å². The van der Waals surface area contributed by atoms with Gasteiger partial charge in [-0.1, -0.05) is 36.4 Å². The summed E-state index contributed by atoms with van der Waals surface area (Å²) in [5.74, 6) is 0. The molecule has 3 rings (SSSR count). The fraction of sp³-hybridized carbons (Fsp3) is 0.0769. The summed E-state index contributed by atoms with van der Waals surface area (Å²) in [4.78, 5) is 10.2. The van der Waals surface area contributed by atoms with Crippen LogP contribution in [0.2, 0.25) is 0 Å². The normalized spacial score (nSPS) is 16.3. The van der Waals surface area contributed by atoms with E-state index >= 15 is 0 Å². The predicted molar refractivity (Wildman–Crippen MR) is 64.8 cm³/mol. The molecule has 1 aliphatic heterocycles. The lowest BCUT2D eigenvalue weighted by molar-refractivity contribution is 0.500. The Morgan fingerprint density at radius 3 is 1.81 bits per heavy atom. The zero-order valence-corrected chi connectivity index (χ0v) is 9.52. The van der Waals surface area contributed by atoms with Gasteiger partial charge in [-0.25, -0.2) is 0 Å². The van der Waals surface area contributed by atoms with E-state index in [1.54, 1.807) is 12.1 Å². The summed E-state index contributed by atoms with van der Waals surface area (Å²) in [6, 6.07) is 14.8. The molecule has 0 saturated carbocycles. The quantitative estimate of drug-likeness (QED) is 0.701. The first-order valence-electron chi connectivity index (χ1n) is 5.19. The molecule has 0 saturated heterocycles. The molecule has 0 amide bonds. The Morgan fingerprint density at radius 2 is 1.31 bits per heavy atom. The van der Waals surface area contributed by atoms with Gasteiger partial charge in [-0.2, -0.15) is 0 Å². The topological polar surface area (TPSA) is 37.3 Å². The van der Waals surface area contributed by atoms with Crippen molar-refractivity contribution in [1.29, 1.82) is 0 Å². The van der Waals surface area contributed by atoms with Crippen molar-refractivity contribution in [3.63, 3.8) is 0 Å². The summed E-state index contributed by atoms with van der Waals surface area (Å²) in [5.41, 5.74) is 1.93. The van der Waals surface area contributed by atoms with Gasteiger partial charge in [0.05, 0.1) is 0 Å². The molecular weight excluding hydrogens is 219 g/mol. The molecule has 3 heteroatoms. The van der Waals surface area contributed by atoms with Gasteiger partial charge in [-0.05, 0) is 29.7 Å². The van der Waals surface area contributed by atoms with Crippen LogP contribution in [0.15, 0.2) is 48.5 Å². The summed E-state index contributed by atoms with van der Waals surface area (Å²) in [6.07, 6.45) is 0.747. The third-order valence-electron chi connectivity index (χ3n) is 3.02. The maximum atomic E-state index is 12.4. The first-order valence-corrected chi connectivity index (χ1v) is 6.85. The van der Waals surface area contributed by atoms with Gasteiger partial charge in [0, 0.05) is 10.6 Å². The minimum Gasteiger partial charge on any atom is -0.338 e. The minimum atomic E-state index is -3.37. The maximum absolute atomic E-state index is 12.4. The molecule has 2 aromatic carbocycles. The third kappa shape index (κ3) is 1.27. The minimum absolute atomic E-state index is 0.591. The van der Waals surface area contributed by atoms with Crippen LogP contribution >= 0.6 is 7.37 Å². The largest absolute Gasteiger partial charge is 0.338 e. The smallest absolute Gasteiger partial charge is 0.259 e. The molecule has 0 aromatic heterocycles. The maximum Gasteiger partial charge on any atom is 0.259 e. The molecule has 0 spiro atoms. The molecule has 1 heterocycles. The van der Waals surface area contributed by atoms with Crippen molar-refractivity contribution in [2.75, 3.05) is 0 Å². The van der Waals surface area contributed by atoms with E-state index < -0.39 is 7.37 Å². The Bertz CT molecular complexity index is 555. The number of hydrogen-bond acceptors (Lipinski definition) is 1. The first kappa shape index (κ1) is 9.83. The molecule has 0 unspecified atom stereocenters. The Hall–Kier alpha value is -1.37. The van der Waals surface area contributed by atoms with Crippen LogP contribution in [0.5, 0.6) is 0 Å². The van der Waals surface area contributed by atoms with Gasteiger partial charge in [-0.15, -0.1) is 0 Å². The van der Waals surface area contributed by atoms with Gasteiger partial charge in [0.25, 0.3) is 7.37 Å². The average Bonchev–Trinajstić information content (AvgIpc) is 2.29. The number of hydrogen-bond donors (Lipinski definition) is 1. The lowest BCUT2D eigenvalue weighted by Crippen LogP contribution is -2.27. The highest BCUT2D eigenvalue weighted by Crippen LogP contribution is 2.43. The van der Waals surface area contributed by atoms with Crippen molar-refractivity contribution in [3.05, 3.63) is 59.7 Å². The van der Waals surface area contributed by atoms with Crippen LogP contribution < -0.4 is 10.6 Å². The fourth-order valence-corrected chi connectivity index (χ4v) is 4.17. The molecule has 16 heavy (non-hydrogen) atoms.